The second-order valence-corrected chi connectivity index (χ2v) is 5.34. The van der Waals surface area contributed by atoms with E-state index in [1.165, 1.54) is 0 Å². The first-order chi connectivity index (χ1) is 10.1. The quantitative estimate of drug-likeness (QED) is 0.842. The van der Waals surface area contributed by atoms with E-state index in [4.69, 9.17) is 9.84 Å². The summed E-state index contributed by atoms with van der Waals surface area (Å²) >= 11 is 0. The fourth-order valence-electron chi connectivity index (χ4n) is 2.65. The van der Waals surface area contributed by atoms with Crippen LogP contribution in [0.1, 0.15) is 31.7 Å². The lowest BCUT2D eigenvalue weighted by Crippen LogP contribution is -2.29. The molecule has 1 aromatic carbocycles. The maximum atomic E-state index is 12.0. The Hall–Kier alpha value is -2.04. The SMILES string of the molecule is CCOc1ccc(CNC(=O)[C@@H]2CC[C@H](C(=O)O)C2)cc1. The van der Waals surface area contributed by atoms with Gasteiger partial charge in [0.05, 0.1) is 12.5 Å². The molecule has 1 amide bonds. The van der Waals surface area contributed by atoms with Crippen molar-refractivity contribution in [3.63, 3.8) is 0 Å². The highest BCUT2D eigenvalue weighted by atomic mass is 16.5. The van der Waals surface area contributed by atoms with Gasteiger partial charge in [0.15, 0.2) is 0 Å². The molecule has 2 atom stereocenters. The van der Waals surface area contributed by atoms with Crippen LogP contribution in [0.15, 0.2) is 24.3 Å². The molecule has 21 heavy (non-hydrogen) atoms. The van der Waals surface area contributed by atoms with E-state index in [1.807, 2.05) is 31.2 Å². The van der Waals surface area contributed by atoms with Gasteiger partial charge in [-0.1, -0.05) is 12.1 Å². The van der Waals surface area contributed by atoms with E-state index in [-0.39, 0.29) is 17.7 Å². The second kappa shape index (κ2) is 7.11. The molecule has 1 fully saturated rings. The smallest absolute Gasteiger partial charge is 0.306 e. The molecule has 0 radical (unpaired) electrons. The third-order valence-electron chi connectivity index (χ3n) is 3.85. The number of benzene rings is 1. The average Bonchev–Trinajstić information content (AvgIpc) is 2.97. The summed E-state index contributed by atoms with van der Waals surface area (Å²) in [7, 11) is 0. The summed E-state index contributed by atoms with van der Waals surface area (Å²) in [5, 5.41) is 11.8. The predicted molar refractivity (Wildman–Crippen MR) is 77.9 cm³/mol. The van der Waals surface area contributed by atoms with Crippen LogP contribution < -0.4 is 10.1 Å². The summed E-state index contributed by atoms with van der Waals surface area (Å²) in [5.74, 6) is -0.572. The highest BCUT2D eigenvalue weighted by Crippen LogP contribution is 2.31. The number of carbonyl (C=O) groups is 2. The number of ether oxygens (including phenoxy) is 1. The van der Waals surface area contributed by atoms with Crippen molar-refractivity contribution < 1.29 is 19.4 Å². The number of nitrogens with one attached hydrogen (secondary N) is 1. The lowest BCUT2D eigenvalue weighted by molar-refractivity contribution is -0.141. The zero-order valence-electron chi connectivity index (χ0n) is 12.2. The number of carboxylic acid groups (broad SMARTS) is 1. The van der Waals surface area contributed by atoms with Crippen LogP contribution in [0.2, 0.25) is 0 Å². The first-order valence-corrected chi connectivity index (χ1v) is 7.32. The van der Waals surface area contributed by atoms with Gasteiger partial charge in [-0.15, -0.1) is 0 Å². The molecule has 1 aliphatic carbocycles. The van der Waals surface area contributed by atoms with E-state index >= 15 is 0 Å². The molecule has 114 valence electrons. The monoisotopic (exact) mass is 291 g/mol. The Bertz CT molecular complexity index is 498. The Kier molecular flexibility index (Phi) is 5.20. The normalized spacial score (nSPS) is 21.0. The fourth-order valence-corrected chi connectivity index (χ4v) is 2.65. The van der Waals surface area contributed by atoms with Crippen molar-refractivity contribution in [2.45, 2.75) is 32.7 Å². The van der Waals surface area contributed by atoms with Crippen molar-refractivity contribution in [1.82, 2.24) is 5.32 Å². The molecule has 1 aliphatic rings. The van der Waals surface area contributed by atoms with Crippen LogP contribution >= 0.6 is 0 Å². The van der Waals surface area contributed by atoms with Gasteiger partial charge in [0.25, 0.3) is 0 Å². The zero-order valence-corrected chi connectivity index (χ0v) is 12.2. The minimum absolute atomic E-state index is 0.0485. The van der Waals surface area contributed by atoms with Gasteiger partial charge in [-0.25, -0.2) is 0 Å². The number of hydrogen-bond donors (Lipinski definition) is 2. The Morgan fingerprint density at radius 2 is 1.90 bits per heavy atom. The molecular formula is C16H21NO4. The summed E-state index contributed by atoms with van der Waals surface area (Å²) in [6.45, 7) is 3.02. The van der Waals surface area contributed by atoms with Crippen LogP contribution in [-0.2, 0) is 16.1 Å². The number of carboxylic acids is 1. The Morgan fingerprint density at radius 3 is 2.48 bits per heavy atom. The third-order valence-corrected chi connectivity index (χ3v) is 3.85. The lowest BCUT2D eigenvalue weighted by Gasteiger charge is -2.11. The molecule has 1 aromatic rings. The molecule has 0 saturated heterocycles. The van der Waals surface area contributed by atoms with Gasteiger partial charge in [0.2, 0.25) is 5.91 Å². The number of aliphatic carboxylic acids is 1. The second-order valence-electron chi connectivity index (χ2n) is 5.34. The van der Waals surface area contributed by atoms with Gasteiger partial charge in [-0.05, 0) is 43.9 Å². The van der Waals surface area contributed by atoms with E-state index in [9.17, 15) is 9.59 Å². The maximum Gasteiger partial charge on any atom is 0.306 e. The molecule has 0 aromatic heterocycles. The third kappa shape index (κ3) is 4.21. The molecular weight excluding hydrogens is 270 g/mol. The highest BCUT2D eigenvalue weighted by Gasteiger charge is 2.33. The molecule has 5 nitrogen and oxygen atoms in total. The zero-order chi connectivity index (χ0) is 15.2. The van der Waals surface area contributed by atoms with Crippen LogP contribution in [0, 0.1) is 11.8 Å². The molecule has 5 heteroatoms. The van der Waals surface area contributed by atoms with E-state index in [2.05, 4.69) is 5.32 Å². The van der Waals surface area contributed by atoms with Gasteiger partial charge in [-0.3, -0.25) is 9.59 Å². The fraction of sp³-hybridized carbons (Fsp3) is 0.500. The van der Waals surface area contributed by atoms with Crippen molar-refractivity contribution in [1.29, 1.82) is 0 Å². The predicted octanol–water partition coefficient (Wildman–Crippen LogP) is 2.20. The van der Waals surface area contributed by atoms with Gasteiger partial charge in [-0.2, -0.15) is 0 Å². The van der Waals surface area contributed by atoms with E-state index < -0.39 is 5.97 Å². The topological polar surface area (TPSA) is 75.6 Å². The minimum atomic E-state index is -0.795. The van der Waals surface area contributed by atoms with Crippen LogP contribution in [0.5, 0.6) is 5.75 Å². The number of amides is 1. The van der Waals surface area contributed by atoms with Crippen molar-refractivity contribution in [3.05, 3.63) is 29.8 Å². The molecule has 2 N–H and O–H groups in total. The van der Waals surface area contributed by atoms with Crippen LogP contribution in [-0.4, -0.2) is 23.6 Å². The number of hydrogen-bond acceptors (Lipinski definition) is 3. The summed E-state index contributed by atoms with van der Waals surface area (Å²) < 4.78 is 5.36. The summed E-state index contributed by atoms with van der Waals surface area (Å²) in [6.07, 6.45) is 1.70. The van der Waals surface area contributed by atoms with Gasteiger partial charge in [0.1, 0.15) is 5.75 Å². The molecule has 1 saturated carbocycles. The summed E-state index contributed by atoms with van der Waals surface area (Å²) in [4.78, 5) is 22.9. The number of carbonyl (C=O) groups excluding carboxylic acids is 1. The Morgan fingerprint density at radius 1 is 1.24 bits per heavy atom. The molecule has 0 spiro atoms. The lowest BCUT2D eigenvalue weighted by atomic mass is 10.0. The molecule has 2 rings (SSSR count). The first-order valence-electron chi connectivity index (χ1n) is 7.32. The standard InChI is InChI=1S/C16H21NO4/c1-2-21-14-7-3-11(4-8-14)10-17-15(18)12-5-6-13(9-12)16(19)20/h3-4,7-8,12-13H,2,5-6,9-10H2,1H3,(H,17,18)(H,19,20)/t12-,13+/m1/s1. The van der Waals surface area contributed by atoms with Crippen molar-refractivity contribution in [2.24, 2.45) is 11.8 Å². The van der Waals surface area contributed by atoms with Gasteiger partial charge in [0, 0.05) is 12.5 Å². The van der Waals surface area contributed by atoms with Gasteiger partial charge >= 0.3 is 5.97 Å². The number of rotatable bonds is 6. The molecule has 0 unspecified atom stereocenters. The molecule has 0 bridgehead atoms. The van der Waals surface area contributed by atoms with E-state index in [0.29, 0.717) is 32.4 Å². The average molecular weight is 291 g/mol. The summed E-state index contributed by atoms with van der Waals surface area (Å²) in [6, 6.07) is 7.59. The highest BCUT2D eigenvalue weighted by molar-refractivity contribution is 5.80. The van der Waals surface area contributed by atoms with Crippen molar-refractivity contribution in [3.8, 4) is 5.75 Å². The largest absolute Gasteiger partial charge is 0.494 e. The minimum Gasteiger partial charge on any atom is -0.494 e. The van der Waals surface area contributed by atoms with E-state index in [1.54, 1.807) is 0 Å². The van der Waals surface area contributed by atoms with Crippen molar-refractivity contribution in [2.75, 3.05) is 6.61 Å². The first kappa shape index (κ1) is 15.4. The molecule has 0 aliphatic heterocycles. The van der Waals surface area contributed by atoms with Crippen LogP contribution in [0.3, 0.4) is 0 Å². The maximum absolute atomic E-state index is 12.0. The Labute approximate surface area is 124 Å². The molecule has 0 heterocycles. The Balaban J connectivity index is 1.80. The van der Waals surface area contributed by atoms with Crippen LogP contribution in [0.4, 0.5) is 0 Å². The van der Waals surface area contributed by atoms with Gasteiger partial charge < -0.3 is 15.2 Å². The van der Waals surface area contributed by atoms with E-state index in [0.717, 1.165) is 11.3 Å². The van der Waals surface area contributed by atoms with Crippen LogP contribution in [0.25, 0.3) is 0 Å². The summed E-state index contributed by atoms with van der Waals surface area (Å²) in [5.41, 5.74) is 1.000. The van der Waals surface area contributed by atoms with Crippen molar-refractivity contribution >= 4 is 11.9 Å².